The normalized spacial score (nSPS) is 11.8. The molecule has 2 aromatic carbocycles. The van der Waals surface area contributed by atoms with Gasteiger partial charge in [-0.1, -0.05) is 30.3 Å². The molecule has 144 valence electrons. The van der Waals surface area contributed by atoms with Gasteiger partial charge in [0.15, 0.2) is 9.84 Å². The summed E-state index contributed by atoms with van der Waals surface area (Å²) in [6.45, 7) is 4.31. The molecule has 1 aromatic heterocycles. The van der Waals surface area contributed by atoms with Crippen LogP contribution in [-0.2, 0) is 16.4 Å². The minimum absolute atomic E-state index is 0.00123. The zero-order valence-electron chi connectivity index (χ0n) is 15.4. The molecule has 0 saturated carbocycles. The van der Waals surface area contributed by atoms with E-state index in [0.29, 0.717) is 6.54 Å². The van der Waals surface area contributed by atoms with E-state index in [0.717, 1.165) is 27.9 Å². The van der Waals surface area contributed by atoms with Gasteiger partial charge < -0.3 is 0 Å². The lowest BCUT2D eigenvalue weighted by atomic mass is 10.2. The molecule has 28 heavy (non-hydrogen) atoms. The second kappa shape index (κ2) is 7.77. The van der Waals surface area contributed by atoms with Gasteiger partial charge in [0.1, 0.15) is 0 Å². The second-order valence-corrected chi connectivity index (χ2v) is 8.16. The Kier molecular flexibility index (Phi) is 5.41. The van der Waals surface area contributed by atoms with Crippen LogP contribution in [0.1, 0.15) is 22.5 Å². The van der Waals surface area contributed by atoms with E-state index in [4.69, 9.17) is 0 Å². The van der Waals surface area contributed by atoms with E-state index in [1.54, 1.807) is 0 Å². The molecule has 0 bridgehead atoms. The number of hydrogen-bond donors (Lipinski definition) is 0. The summed E-state index contributed by atoms with van der Waals surface area (Å²) in [5, 5.41) is 16.3. The van der Waals surface area contributed by atoms with Crippen molar-refractivity contribution in [2.75, 3.05) is 0 Å². The van der Waals surface area contributed by atoms with Crippen molar-refractivity contribution in [2.24, 2.45) is 0 Å². The van der Waals surface area contributed by atoms with Crippen LogP contribution in [0.25, 0.3) is 6.08 Å². The number of aromatic nitrogens is 2. The number of rotatable bonds is 6. The van der Waals surface area contributed by atoms with Gasteiger partial charge in [-0.05, 0) is 37.6 Å². The lowest BCUT2D eigenvalue weighted by Gasteiger charge is -2.04. The zero-order chi connectivity index (χ0) is 20.3. The van der Waals surface area contributed by atoms with Gasteiger partial charge in [-0.3, -0.25) is 14.8 Å². The molecule has 0 aliphatic rings. The van der Waals surface area contributed by atoms with Crippen LogP contribution >= 0.6 is 0 Å². The molecule has 0 radical (unpaired) electrons. The van der Waals surface area contributed by atoms with Gasteiger partial charge >= 0.3 is 0 Å². The van der Waals surface area contributed by atoms with E-state index in [1.165, 1.54) is 30.3 Å². The van der Waals surface area contributed by atoms with Crippen molar-refractivity contribution < 1.29 is 13.3 Å². The van der Waals surface area contributed by atoms with E-state index in [1.807, 2.05) is 48.9 Å². The number of nitro benzene ring substituents is 1. The lowest BCUT2D eigenvalue weighted by Crippen LogP contribution is -2.03. The fourth-order valence-corrected chi connectivity index (χ4v) is 3.84. The largest absolute Gasteiger partial charge is 0.269 e. The van der Waals surface area contributed by atoms with Crippen LogP contribution in [0.15, 0.2) is 64.9 Å². The Balaban J connectivity index is 1.86. The van der Waals surface area contributed by atoms with Crippen LogP contribution in [0.3, 0.4) is 0 Å². The predicted octanol–water partition coefficient (Wildman–Crippen LogP) is 3.90. The molecule has 0 saturated heterocycles. The van der Waals surface area contributed by atoms with Gasteiger partial charge in [0.25, 0.3) is 5.69 Å². The highest BCUT2D eigenvalue weighted by atomic mass is 32.2. The van der Waals surface area contributed by atoms with E-state index in [-0.39, 0.29) is 10.6 Å². The third-order valence-electron chi connectivity index (χ3n) is 4.40. The Morgan fingerprint density at radius 2 is 1.71 bits per heavy atom. The quantitative estimate of drug-likeness (QED) is 0.464. The molecule has 0 atom stereocenters. The highest BCUT2D eigenvalue weighted by molar-refractivity contribution is 7.94. The van der Waals surface area contributed by atoms with E-state index < -0.39 is 14.8 Å². The highest BCUT2D eigenvalue weighted by Gasteiger charge is 2.15. The highest BCUT2D eigenvalue weighted by Crippen LogP contribution is 2.21. The Labute approximate surface area is 163 Å². The molecule has 0 fully saturated rings. The summed E-state index contributed by atoms with van der Waals surface area (Å²) in [6.07, 6.45) is 1.52. The molecule has 0 amide bonds. The maximum Gasteiger partial charge on any atom is 0.269 e. The molecule has 8 heteroatoms. The number of nitrogens with zero attached hydrogens (tertiary/aromatic N) is 3. The molecule has 0 aliphatic carbocycles. The molecular weight excluding hydrogens is 378 g/mol. The van der Waals surface area contributed by atoms with Gasteiger partial charge in [0.05, 0.1) is 22.1 Å². The molecule has 0 aliphatic heterocycles. The summed E-state index contributed by atoms with van der Waals surface area (Å²) in [5.74, 6) is 0. The van der Waals surface area contributed by atoms with Crippen LogP contribution in [0.2, 0.25) is 0 Å². The topological polar surface area (TPSA) is 95.1 Å². The average Bonchev–Trinajstić information content (AvgIpc) is 2.94. The molecule has 0 N–H and O–H groups in total. The Morgan fingerprint density at radius 3 is 2.32 bits per heavy atom. The maximum atomic E-state index is 12.5. The first kappa shape index (κ1) is 19.5. The summed E-state index contributed by atoms with van der Waals surface area (Å²) in [7, 11) is -3.72. The minimum atomic E-state index is -3.72. The van der Waals surface area contributed by atoms with Crippen molar-refractivity contribution in [3.63, 3.8) is 0 Å². The molecular formula is C20H19N3O4S. The number of benzene rings is 2. The zero-order valence-corrected chi connectivity index (χ0v) is 16.3. The maximum absolute atomic E-state index is 12.5. The first-order valence-corrected chi connectivity index (χ1v) is 10.1. The van der Waals surface area contributed by atoms with Crippen LogP contribution < -0.4 is 0 Å². The van der Waals surface area contributed by atoms with Gasteiger partial charge in [-0.15, -0.1) is 0 Å². The van der Waals surface area contributed by atoms with Crippen molar-refractivity contribution in [1.29, 1.82) is 0 Å². The van der Waals surface area contributed by atoms with Crippen LogP contribution in [0, 0.1) is 24.0 Å². The molecule has 0 spiro atoms. The Hall–Kier alpha value is -3.26. The van der Waals surface area contributed by atoms with Gasteiger partial charge in [0.2, 0.25) is 0 Å². The third kappa shape index (κ3) is 4.17. The fourth-order valence-electron chi connectivity index (χ4n) is 2.86. The molecule has 0 unspecified atom stereocenters. The van der Waals surface area contributed by atoms with Gasteiger partial charge in [-0.2, -0.15) is 5.10 Å². The monoisotopic (exact) mass is 397 g/mol. The second-order valence-electron chi connectivity index (χ2n) is 6.33. The predicted molar refractivity (Wildman–Crippen MR) is 107 cm³/mol. The SMILES string of the molecule is Cc1nn(Cc2ccccc2)c(C)c1/C=C/S(=O)(=O)c1ccc([N+](=O)[O-])cc1. The first-order valence-electron chi connectivity index (χ1n) is 8.53. The number of aryl methyl sites for hydroxylation is 1. The third-order valence-corrected chi connectivity index (χ3v) is 5.83. The Morgan fingerprint density at radius 1 is 1.07 bits per heavy atom. The Bertz CT molecular complexity index is 1130. The van der Waals surface area contributed by atoms with Crippen molar-refractivity contribution in [1.82, 2.24) is 9.78 Å². The first-order chi connectivity index (χ1) is 13.3. The standard InChI is InChI=1S/C20H19N3O4S/c1-15-20(16(2)22(21-15)14-17-6-4-3-5-7-17)12-13-28(26,27)19-10-8-18(9-11-19)23(24)25/h3-13H,14H2,1-2H3/b13-12+. The summed E-state index contributed by atoms with van der Waals surface area (Å²) >= 11 is 0. The van der Waals surface area contributed by atoms with Crippen molar-refractivity contribution in [2.45, 2.75) is 25.3 Å². The lowest BCUT2D eigenvalue weighted by molar-refractivity contribution is -0.384. The van der Waals surface area contributed by atoms with Crippen LogP contribution in [0.4, 0.5) is 5.69 Å². The average molecular weight is 397 g/mol. The van der Waals surface area contributed by atoms with Crippen LogP contribution in [0.5, 0.6) is 0 Å². The van der Waals surface area contributed by atoms with Gasteiger partial charge in [-0.25, -0.2) is 8.42 Å². The number of sulfone groups is 1. The van der Waals surface area contributed by atoms with Crippen molar-refractivity contribution >= 4 is 21.6 Å². The molecule has 3 aromatic rings. The van der Waals surface area contributed by atoms with E-state index >= 15 is 0 Å². The minimum Gasteiger partial charge on any atom is -0.265 e. The van der Waals surface area contributed by atoms with Crippen molar-refractivity contribution in [3.8, 4) is 0 Å². The molecule has 1 heterocycles. The summed E-state index contributed by atoms with van der Waals surface area (Å²) in [6, 6.07) is 14.7. The van der Waals surface area contributed by atoms with Crippen LogP contribution in [-0.4, -0.2) is 23.1 Å². The molecule has 3 rings (SSSR count). The number of hydrogen-bond acceptors (Lipinski definition) is 5. The summed E-state index contributed by atoms with van der Waals surface area (Å²) in [5.41, 5.74) is 3.26. The van der Waals surface area contributed by atoms with Crippen molar-refractivity contribution in [3.05, 3.63) is 92.6 Å². The summed E-state index contributed by atoms with van der Waals surface area (Å²) < 4.78 is 26.9. The number of nitro groups is 1. The summed E-state index contributed by atoms with van der Waals surface area (Å²) in [4.78, 5) is 10.1. The van der Waals surface area contributed by atoms with E-state index in [2.05, 4.69) is 5.10 Å². The van der Waals surface area contributed by atoms with E-state index in [9.17, 15) is 18.5 Å². The fraction of sp³-hybridized carbons (Fsp3) is 0.150. The van der Waals surface area contributed by atoms with Gasteiger partial charge in [0, 0.05) is 28.8 Å². The number of non-ortho nitro benzene ring substituents is 1. The molecule has 7 nitrogen and oxygen atoms in total. The smallest absolute Gasteiger partial charge is 0.265 e.